The first-order valence-corrected chi connectivity index (χ1v) is 5.90. The van der Waals surface area contributed by atoms with Crippen molar-refractivity contribution in [2.45, 2.75) is 33.2 Å². The van der Waals surface area contributed by atoms with Gasteiger partial charge < -0.3 is 4.42 Å². The average Bonchev–Trinajstić information content (AvgIpc) is 2.59. The van der Waals surface area contributed by atoms with Crippen molar-refractivity contribution in [1.29, 1.82) is 0 Å². The van der Waals surface area contributed by atoms with Crippen molar-refractivity contribution >= 4 is 0 Å². The van der Waals surface area contributed by atoms with Crippen LogP contribution in [0.3, 0.4) is 0 Å². The molecule has 0 radical (unpaired) electrons. The Bertz CT molecular complexity index is 323. The van der Waals surface area contributed by atoms with E-state index < -0.39 is 0 Å². The third-order valence-corrected chi connectivity index (χ3v) is 3.36. The predicted molar refractivity (Wildman–Crippen MR) is 60.0 cm³/mol. The molecule has 0 bridgehead atoms. The Morgan fingerprint density at radius 2 is 2.06 bits per heavy atom. The van der Waals surface area contributed by atoms with Crippen LogP contribution in [-0.4, -0.2) is 29.6 Å². The van der Waals surface area contributed by atoms with E-state index >= 15 is 0 Å². The van der Waals surface area contributed by atoms with Gasteiger partial charge in [0, 0.05) is 0 Å². The Kier molecular flexibility index (Phi) is 3.59. The van der Waals surface area contributed by atoms with Gasteiger partial charge in [-0.3, -0.25) is 9.29 Å². The van der Waals surface area contributed by atoms with Crippen LogP contribution in [0, 0.1) is 19.8 Å². The molecule has 0 atom stereocenters. The molecule has 0 aromatic carbocycles. The highest BCUT2D eigenvalue weighted by molar-refractivity contribution is 5.05. The molecule has 1 aromatic heterocycles. The van der Waals surface area contributed by atoms with Crippen molar-refractivity contribution in [1.82, 2.24) is 9.88 Å². The van der Waals surface area contributed by atoms with E-state index in [1.165, 1.54) is 0 Å². The summed E-state index contributed by atoms with van der Waals surface area (Å²) in [7, 11) is 0. The number of oxazole rings is 1. The minimum absolute atomic E-state index is 0.176. The molecule has 0 aliphatic carbocycles. The quantitative estimate of drug-likeness (QED) is 0.793. The fourth-order valence-corrected chi connectivity index (χ4v) is 2.10. The zero-order valence-electron chi connectivity index (χ0n) is 10.0. The highest BCUT2D eigenvalue weighted by Gasteiger charge is 2.20. The molecule has 2 heterocycles. The van der Waals surface area contributed by atoms with Gasteiger partial charge >= 0.3 is 0 Å². The smallest absolute Gasteiger partial charge is 0.208 e. The molecule has 90 valence electrons. The van der Waals surface area contributed by atoms with Crippen LogP contribution in [0.2, 0.25) is 0 Å². The first-order valence-electron chi connectivity index (χ1n) is 5.90. The summed E-state index contributed by atoms with van der Waals surface area (Å²) in [6.07, 6.45) is 1.91. The van der Waals surface area contributed by atoms with Gasteiger partial charge in [0.25, 0.3) is 0 Å². The van der Waals surface area contributed by atoms with Gasteiger partial charge in [0.1, 0.15) is 5.76 Å². The third-order valence-electron chi connectivity index (χ3n) is 3.36. The fraction of sp³-hybridized carbons (Fsp3) is 0.750. The first-order chi connectivity index (χ1) is 7.69. The van der Waals surface area contributed by atoms with Crippen LogP contribution in [0.25, 0.3) is 0 Å². The summed E-state index contributed by atoms with van der Waals surface area (Å²) >= 11 is 0. The van der Waals surface area contributed by atoms with E-state index in [2.05, 4.69) is 9.88 Å². The number of hydrogen-bond acceptors (Lipinski definition) is 3. The maximum absolute atomic E-state index is 12.4. The van der Waals surface area contributed by atoms with E-state index in [0.717, 1.165) is 49.8 Å². The van der Waals surface area contributed by atoms with Crippen molar-refractivity contribution in [3.05, 3.63) is 17.3 Å². The van der Waals surface area contributed by atoms with Crippen molar-refractivity contribution < 1.29 is 8.81 Å². The minimum Gasteiger partial charge on any atom is -0.444 e. The van der Waals surface area contributed by atoms with Gasteiger partial charge in [-0.15, -0.1) is 0 Å². The summed E-state index contributed by atoms with van der Waals surface area (Å²) in [5, 5.41) is 0. The van der Waals surface area contributed by atoms with Crippen molar-refractivity contribution in [3.63, 3.8) is 0 Å². The number of aromatic nitrogens is 1. The van der Waals surface area contributed by atoms with Crippen molar-refractivity contribution in [3.8, 4) is 0 Å². The molecule has 1 aliphatic heterocycles. The molecule has 0 unspecified atom stereocenters. The largest absolute Gasteiger partial charge is 0.444 e. The lowest BCUT2D eigenvalue weighted by Gasteiger charge is -2.29. The zero-order chi connectivity index (χ0) is 11.5. The number of alkyl halides is 1. The van der Waals surface area contributed by atoms with E-state index in [1.807, 2.05) is 13.8 Å². The van der Waals surface area contributed by atoms with E-state index in [-0.39, 0.29) is 12.6 Å². The monoisotopic (exact) mass is 226 g/mol. The van der Waals surface area contributed by atoms with Crippen molar-refractivity contribution in [2.24, 2.45) is 5.92 Å². The Hall–Kier alpha value is -0.900. The standard InChI is InChI=1S/C12H19FN2O/c1-9-10(2)16-12(14-9)8-15-5-3-11(7-13)4-6-15/h11H,3-8H2,1-2H3. The van der Waals surface area contributed by atoms with E-state index in [0.29, 0.717) is 0 Å². The van der Waals surface area contributed by atoms with E-state index in [4.69, 9.17) is 4.42 Å². The summed E-state index contributed by atoms with van der Waals surface area (Å²) in [6.45, 7) is 6.38. The van der Waals surface area contributed by atoms with Crippen LogP contribution in [-0.2, 0) is 6.54 Å². The molecular formula is C12H19FN2O. The summed E-state index contributed by atoms with van der Waals surface area (Å²) in [4.78, 5) is 6.65. The molecule has 2 rings (SSSR count). The molecule has 1 fully saturated rings. The molecule has 0 N–H and O–H groups in total. The number of halogens is 1. The molecule has 1 aromatic rings. The van der Waals surface area contributed by atoms with Gasteiger partial charge in [-0.1, -0.05) is 0 Å². The number of hydrogen-bond donors (Lipinski definition) is 0. The number of piperidine rings is 1. The third kappa shape index (κ3) is 2.61. The topological polar surface area (TPSA) is 29.3 Å². The lowest BCUT2D eigenvalue weighted by atomic mass is 9.98. The molecule has 0 spiro atoms. The van der Waals surface area contributed by atoms with Gasteiger partial charge in [0.2, 0.25) is 5.89 Å². The number of rotatable bonds is 3. The van der Waals surface area contributed by atoms with Crippen LogP contribution in [0.5, 0.6) is 0 Å². The van der Waals surface area contributed by atoms with Crippen LogP contribution >= 0.6 is 0 Å². The van der Waals surface area contributed by atoms with Gasteiger partial charge in [0.05, 0.1) is 18.9 Å². The lowest BCUT2D eigenvalue weighted by molar-refractivity contribution is 0.148. The highest BCUT2D eigenvalue weighted by Crippen LogP contribution is 2.19. The maximum atomic E-state index is 12.4. The van der Waals surface area contributed by atoms with Crippen LogP contribution in [0.1, 0.15) is 30.2 Å². The Labute approximate surface area is 95.6 Å². The van der Waals surface area contributed by atoms with Gasteiger partial charge in [-0.2, -0.15) is 0 Å². The summed E-state index contributed by atoms with van der Waals surface area (Å²) in [5.41, 5.74) is 0.966. The maximum Gasteiger partial charge on any atom is 0.208 e. The summed E-state index contributed by atoms with van der Waals surface area (Å²) < 4.78 is 18.0. The molecule has 1 saturated heterocycles. The normalized spacial score (nSPS) is 19.2. The highest BCUT2D eigenvalue weighted by atomic mass is 19.1. The summed E-state index contributed by atoms with van der Waals surface area (Å²) in [6, 6.07) is 0. The molecule has 0 amide bonds. The number of nitrogens with zero attached hydrogens (tertiary/aromatic N) is 2. The number of aryl methyl sites for hydroxylation is 2. The average molecular weight is 226 g/mol. The van der Waals surface area contributed by atoms with E-state index in [1.54, 1.807) is 0 Å². The molecule has 1 aliphatic rings. The Morgan fingerprint density at radius 1 is 1.38 bits per heavy atom. The Morgan fingerprint density at radius 3 is 2.56 bits per heavy atom. The summed E-state index contributed by atoms with van der Waals surface area (Å²) in [5.74, 6) is 1.95. The first kappa shape index (κ1) is 11.6. The van der Waals surface area contributed by atoms with Crippen molar-refractivity contribution in [2.75, 3.05) is 19.8 Å². The molecule has 4 heteroatoms. The van der Waals surface area contributed by atoms with Gasteiger partial charge in [-0.05, 0) is 45.7 Å². The van der Waals surface area contributed by atoms with Crippen LogP contribution < -0.4 is 0 Å². The number of likely N-dealkylation sites (tertiary alicyclic amines) is 1. The molecular weight excluding hydrogens is 207 g/mol. The lowest BCUT2D eigenvalue weighted by Crippen LogP contribution is -2.33. The van der Waals surface area contributed by atoms with Crippen LogP contribution in [0.15, 0.2) is 4.42 Å². The molecule has 0 saturated carbocycles. The molecule has 16 heavy (non-hydrogen) atoms. The molecule has 3 nitrogen and oxygen atoms in total. The SMILES string of the molecule is Cc1nc(CN2CCC(CF)CC2)oc1C. The van der Waals surface area contributed by atoms with E-state index in [9.17, 15) is 4.39 Å². The second-order valence-electron chi connectivity index (χ2n) is 4.62. The zero-order valence-corrected chi connectivity index (χ0v) is 10.0. The fourth-order valence-electron chi connectivity index (χ4n) is 2.10. The van der Waals surface area contributed by atoms with Gasteiger partial charge in [-0.25, -0.2) is 4.98 Å². The predicted octanol–water partition coefficient (Wildman–Crippen LogP) is 2.47. The van der Waals surface area contributed by atoms with Gasteiger partial charge in [0.15, 0.2) is 0 Å². The Balaban J connectivity index is 1.87. The second-order valence-corrected chi connectivity index (χ2v) is 4.62. The van der Waals surface area contributed by atoms with Crippen LogP contribution in [0.4, 0.5) is 4.39 Å². The minimum atomic E-state index is -0.176. The second kappa shape index (κ2) is 4.95.